The molecule has 0 unspecified atom stereocenters. The molecule has 2 nitrogen and oxygen atoms in total. The zero-order chi connectivity index (χ0) is 12.5. The first-order valence-corrected chi connectivity index (χ1v) is 5.87. The van der Waals surface area contributed by atoms with Gasteiger partial charge in [0, 0.05) is 16.6 Å². The Bertz CT molecular complexity index is 760. The van der Waals surface area contributed by atoms with Gasteiger partial charge in [0.25, 0.3) is 0 Å². The molecule has 1 aromatic heterocycles. The van der Waals surface area contributed by atoms with Crippen LogP contribution in [0.4, 0.5) is 0 Å². The molecule has 0 aliphatic carbocycles. The summed E-state index contributed by atoms with van der Waals surface area (Å²) >= 11 is 0. The van der Waals surface area contributed by atoms with Crippen LogP contribution in [0, 0.1) is 18.3 Å². The monoisotopic (exact) mass is 232 g/mol. The number of nitriles is 1. The second kappa shape index (κ2) is 4.05. The molecule has 0 bridgehead atoms. The van der Waals surface area contributed by atoms with Crippen LogP contribution in [0.2, 0.25) is 0 Å². The average molecular weight is 232 g/mol. The van der Waals surface area contributed by atoms with E-state index in [1.54, 1.807) is 0 Å². The summed E-state index contributed by atoms with van der Waals surface area (Å²) in [7, 11) is 0. The molecule has 1 N–H and O–H groups in total. The lowest BCUT2D eigenvalue weighted by Crippen LogP contribution is -1.80. The molecular weight excluding hydrogens is 220 g/mol. The van der Waals surface area contributed by atoms with E-state index < -0.39 is 0 Å². The lowest BCUT2D eigenvalue weighted by atomic mass is 10.1. The zero-order valence-electron chi connectivity index (χ0n) is 10.1. The van der Waals surface area contributed by atoms with Crippen molar-refractivity contribution in [1.29, 1.82) is 5.26 Å². The van der Waals surface area contributed by atoms with E-state index >= 15 is 0 Å². The van der Waals surface area contributed by atoms with Crippen LogP contribution in [-0.2, 0) is 0 Å². The number of nitrogens with zero attached hydrogens (tertiary/aromatic N) is 1. The summed E-state index contributed by atoms with van der Waals surface area (Å²) in [6.07, 6.45) is 0. The maximum atomic E-state index is 8.93. The molecular formula is C16H12N2. The fraction of sp³-hybridized carbons (Fsp3) is 0.0625. The number of H-pyrrole nitrogens is 1. The van der Waals surface area contributed by atoms with E-state index in [1.807, 2.05) is 24.3 Å². The molecule has 2 aromatic carbocycles. The van der Waals surface area contributed by atoms with Crippen molar-refractivity contribution in [3.8, 4) is 17.3 Å². The average Bonchev–Trinajstić information content (AvgIpc) is 2.84. The van der Waals surface area contributed by atoms with E-state index in [0.29, 0.717) is 5.56 Å². The molecule has 0 aliphatic rings. The first kappa shape index (κ1) is 10.6. The molecule has 0 saturated carbocycles. The maximum Gasteiger partial charge on any atom is 0.0991 e. The second-order valence-electron chi connectivity index (χ2n) is 4.41. The topological polar surface area (TPSA) is 39.6 Å². The van der Waals surface area contributed by atoms with E-state index in [9.17, 15) is 0 Å². The minimum absolute atomic E-state index is 0.683. The van der Waals surface area contributed by atoms with E-state index in [2.05, 4.69) is 42.2 Å². The predicted octanol–water partition coefficient (Wildman–Crippen LogP) is 4.02. The highest BCUT2D eigenvalue weighted by molar-refractivity contribution is 5.88. The van der Waals surface area contributed by atoms with Gasteiger partial charge < -0.3 is 4.98 Å². The molecule has 0 spiro atoms. The number of aromatic nitrogens is 1. The number of nitrogens with one attached hydrogen (secondary N) is 1. The minimum Gasteiger partial charge on any atom is -0.354 e. The van der Waals surface area contributed by atoms with Gasteiger partial charge in [0.05, 0.1) is 11.6 Å². The molecule has 0 radical (unpaired) electrons. The van der Waals surface area contributed by atoms with E-state index in [1.165, 1.54) is 10.9 Å². The quantitative estimate of drug-likeness (QED) is 0.676. The lowest BCUT2D eigenvalue weighted by Gasteiger charge is -1.98. The molecule has 1 heterocycles. The zero-order valence-corrected chi connectivity index (χ0v) is 10.1. The smallest absolute Gasteiger partial charge is 0.0991 e. The van der Waals surface area contributed by atoms with Gasteiger partial charge in [-0.3, -0.25) is 0 Å². The third-order valence-electron chi connectivity index (χ3n) is 3.17. The summed E-state index contributed by atoms with van der Waals surface area (Å²) in [6.45, 7) is 2.09. The fourth-order valence-electron chi connectivity index (χ4n) is 2.22. The summed E-state index contributed by atoms with van der Waals surface area (Å²) in [5.41, 5.74) is 5.17. The first-order chi connectivity index (χ1) is 8.78. The van der Waals surface area contributed by atoms with Crippen molar-refractivity contribution in [2.45, 2.75) is 6.92 Å². The molecule has 86 valence electrons. The Hall–Kier alpha value is -2.53. The highest BCUT2D eigenvalue weighted by Gasteiger charge is 2.05. The summed E-state index contributed by atoms with van der Waals surface area (Å²) < 4.78 is 0. The predicted molar refractivity (Wildman–Crippen MR) is 73.2 cm³/mol. The van der Waals surface area contributed by atoms with Crippen LogP contribution in [0.5, 0.6) is 0 Å². The fourth-order valence-corrected chi connectivity index (χ4v) is 2.22. The Morgan fingerprint density at radius 1 is 1.06 bits per heavy atom. The Labute approximate surface area is 106 Å². The van der Waals surface area contributed by atoms with E-state index in [0.717, 1.165) is 16.8 Å². The van der Waals surface area contributed by atoms with Crippen molar-refractivity contribution in [3.05, 3.63) is 59.7 Å². The van der Waals surface area contributed by atoms with Crippen LogP contribution in [0.1, 0.15) is 11.1 Å². The Morgan fingerprint density at radius 2 is 1.89 bits per heavy atom. The number of para-hydroxylation sites is 1. The van der Waals surface area contributed by atoms with Gasteiger partial charge in [0.15, 0.2) is 0 Å². The van der Waals surface area contributed by atoms with Crippen LogP contribution >= 0.6 is 0 Å². The standard InChI is InChI=1S/C16H12N2/c1-11-4-2-7-14-9-15(18-16(11)14)13-6-3-5-12(8-13)10-17/h2-9,18H,1H3. The van der Waals surface area contributed by atoms with Gasteiger partial charge in [-0.15, -0.1) is 0 Å². The summed E-state index contributed by atoms with van der Waals surface area (Å²) in [5.74, 6) is 0. The molecule has 0 atom stereocenters. The van der Waals surface area contributed by atoms with Crippen molar-refractivity contribution >= 4 is 10.9 Å². The highest BCUT2D eigenvalue weighted by Crippen LogP contribution is 2.26. The Kier molecular flexibility index (Phi) is 2.39. The molecule has 3 rings (SSSR count). The lowest BCUT2D eigenvalue weighted by molar-refractivity contribution is 1.40. The third kappa shape index (κ3) is 1.66. The minimum atomic E-state index is 0.683. The van der Waals surface area contributed by atoms with Crippen molar-refractivity contribution in [1.82, 2.24) is 4.98 Å². The van der Waals surface area contributed by atoms with Gasteiger partial charge in [-0.25, -0.2) is 0 Å². The third-order valence-corrected chi connectivity index (χ3v) is 3.17. The maximum absolute atomic E-state index is 8.93. The van der Waals surface area contributed by atoms with Crippen LogP contribution in [0.25, 0.3) is 22.2 Å². The molecule has 3 aromatic rings. The van der Waals surface area contributed by atoms with Crippen molar-refractivity contribution in [3.63, 3.8) is 0 Å². The SMILES string of the molecule is Cc1cccc2cc(-c3cccc(C#N)c3)[nH]c12. The highest BCUT2D eigenvalue weighted by atomic mass is 14.7. The van der Waals surface area contributed by atoms with Crippen LogP contribution < -0.4 is 0 Å². The van der Waals surface area contributed by atoms with Gasteiger partial charge >= 0.3 is 0 Å². The van der Waals surface area contributed by atoms with E-state index in [4.69, 9.17) is 5.26 Å². The van der Waals surface area contributed by atoms with Gasteiger partial charge in [0.1, 0.15) is 0 Å². The van der Waals surface area contributed by atoms with Crippen LogP contribution in [0.3, 0.4) is 0 Å². The molecule has 0 aliphatic heterocycles. The van der Waals surface area contributed by atoms with Crippen LogP contribution in [-0.4, -0.2) is 4.98 Å². The molecule has 0 saturated heterocycles. The molecule has 0 fully saturated rings. The normalized spacial score (nSPS) is 10.4. The van der Waals surface area contributed by atoms with Gasteiger partial charge in [0.2, 0.25) is 0 Å². The first-order valence-electron chi connectivity index (χ1n) is 5.87. The van der Waals surface area contributed by atoms with Crippen molar-refractivity contribution in [2.75, 3.05) is 0 Å². The molecule has 18 heavy (non-hydrogen) atoms. The second-order valence-corrected chi connectivity index (χ2v) is 4.41. The Morgan fingerprint density at radius 3 is 2.67 bits per heavy atom. The summed E-state index contributed by atoms with van der Waals surface area (Å²) in [4.78, 5) is 3.42. The number of benzene rings is 2. The Balaban J connectivity index is 2.20. The van der Waals surface area contributed by atoms with Gasteiger partial charge in [-0.2, -0.15) is 5.26 Å². The van der Waals surface area contributed by atoms with Gasteiger partial charge in [-0.05, 0) is 36.2 Å². The number of aromatic amines is 1. The number of aryl methyl sites for hydroxylation is 1. The number of hydrogen-bond acceptors (Lipinski definition) is 1. The number of fused-ring (bicyclic) bond motifs is 1. The number of rotatable bonds is 1. The summed E-state index contributed by atoms with van der Waals surface area (Å²) in [6, 6.07) is 18.2. The molecule has 0 amide bonds. The van der Waals surface area contributed by atoms with Crippen molar-refractivity contribution in [2.24, 2.45) is 0 Å². The van der Waals surface area contributed by atoms with E-state index in [-0.39, 0.29) is 0 Å². The largest absolute Gasteiger partial charge is 0.354 e. The summed E-state index contributed by atoms with van der Waals surface area (Å²) in [5, 5.41) is 10.1. The van der Waals surface area contributed by atoms with Crippen molar-refractivity contribution < 1.29 is 0 Å². The molecule has 2 heteroatoms. The van der Waals surface area contributed by atoms with Gasteiger partial charge in [-0.1, -0.05) is 30.3 Å². The number of hydrogen-bond donors (Lipinski definition) is 1. The van der Waals surface area contributed by atoms with Crippen LogP contribution in [0.15, 0.2) is 48.5 Å².